The van der Waals surface area contributed by atoms with Crippen LogP contribution < -0.4 is 4.74 Å². The van der Waals surface area contributed by atoms with E-state index in [0.717, 1.165) is 24.0 Å². The fourth-order valence-corrected chi connectivity index (χ4v) is 3.66. The molecule has 0 saturated carbocycles. The molecule has 0 radical (unpaired) electrons. The van der Waals surface area contributed by atoms with Crippen LogP contribution in [0.25, 0.3) is 0 Å². The summed E-state index contributed by atoms with van der Waals surface area (Å²) in [5.41, 5.74) is 2.19. The van der Waals surface area contributed by atoms with Crippen molar-refractivity contribution in [1.29, 1.82) is 0 Å². The summed E-state index contributed by atoms with van der Waals surface area (Å²) < 4.78 is 24.3. The van der Waals surface area contributed by atoms with Gasteiger partial charge in [-0.15, -0.1) is 0 Å². The summed E-state index contributed by atoms with van der Waals surface area (Å²) in [7, 11) is 0. The second-order valence-electron chi connectivity index (χ2n) is 7.91. The highest BCUT2D eigenvalue weighted by atomic mass is 16.7. The smallest absolute Gasteiger partial charge is 0.269 e. The Kier molecular flexibility index (Phi) is 8.03. The molecule has 172 valence electrons. The van der Waals surface area contributed by atoms with Crippen LogP contribution in [0.5, 0.6) is 5.75 Å². The maximum atomic E-state index is 10.9. The average molecular weight is 450 g/mol. The van der Waals surface area contributed by atoms with Crippen LogP contribution in [0, 0.1) is 10.1 Å². The Bertz CT molecular complexity index is 996. The van der Waals surface area contributed by atoms with Crippen LogP contribution in [0.4, 0.5) is 5.69 Å². The Labute approximate surface area is 193 Å². The lowest BCUT2D eigenvalue weighted by Gasteiger charge is -2.36. The molecule has 7 heteroatoms. The monoisotopic (exact) mass is 449 g/mol. The fourth-order valence-electron chi connectivity index (χ4n) is 3.66. The molecule has 0 amide bonds. The Morgan fingerprint density at radius 1 is 0.848 bits per heavy atom. The van der Waals surface area contributed by atoms with Crippen molar-refractivity contribution in [3.63, 3.8) is 0 Å². The van der Waals surface area contributed by atoms with Crippen molar-refractivity contribution in [2.24, 2.45) is 0 Å². The first kappa shape index (κ1) is 22.9. The SMILES string of the molecule is O=[N+]([O-])c1ccc(O[C@H]2O[C@H](COCc3ccccc3)CC[C@H]2OCc2ccccc2)cc1. The lowest BCUT2D eigenvalue weighted by atomic mass is 10.1. The molecule has 7 nitrogen and oxygen atoms in total. The molecule has 1 saturated heterocycles. The second kappa shape index (κ2) is 11.6. The molecule has 3 aromatic carbocycles. The third-order valence-electron chi connectivity index (χ3n) is 5.43. The van der Waals surface area contributed by atoms with Crippen molar-refractivity contribution in [1.82, 2.24) is 0 Å². The average Bonchev–Trinajstić information content (AvgIpc) is 2.85. The molecule has 3 atom stereocenters. The quantitative estimate of drug-likeness (QED) is 0.309. The molecule has 0 N–H and O–H groups in total. The number of hydrogen-bond donors (Lipinski definition) is 0. The van der Waals surface area contributed by atoms with E-state index in [1.165, 1.54) is 12.1 Å². The Morgan fingerprint density at radius 3 is 2.12 bits per heavy atom. The second-order valence-corrected chi connectivity index (χ2v) is 7.91. The van der Waals surface area contributed by atoms with Gasteiger partial charge in [-0.1, -0.05) is 60.7 Å². The van der Waals surface area contributed by atoms with Crippen LogP contribution in [-0.4, -0.2) is 30.0 Å². The topological polar surface area (TPSA) is 80.1 Å². The van der Waals surface area contributed by atoms with Crippen LogP contribution in [-0.2, 0) is 27.4 Å². The largest absolute Gasteiger partial charge is 0.462 e. The molecule has 1 fully saturated rings. The van der Waals surface area contributed by atoms with Crippen LogP contribution in [0.1, 0.15) is 24.0 Å². The zero-order valence-electron chi connectivity index (χ0n) is 18.2. The van der Waals surface area contributed by atoms with Crippen molar-refractivity contribution >= 4 is 5.69 Å². The van der Waals surface area contributed by atoms with E-state index in [2.05, 4.69) is 0 Å². The van der Waals surface area contributed by atoms with Crippen molar-refractivity contribution in [2.75, 3.05) is 6.61 Å². The van der Waals surface area contributed by atoms with Crippen LogP contribution in [0.3, 0.4) is 0 Å². The number of benzene rings is 3. The van der Waals surface area contributed by atoms with Gasteiger partial charge in [0.05, 0.1) is 30.8 Å². The molecular formula is C26H27NO6. The molecule has 1 aliphatic heterocycles. The lowest BCUT2D eigenvalue weighted by molar-refractivity contribution is -0.384. The first-order chi connectivity index (χ1) is 16.2. The minimum Gasteiger partial charge on any atom is -0.462 e. The van der Waals surface area contributed by atoms with Crippen LogP contribution in [0.2, 0.25) is 0 Å². The van der Waals surface area contributed by atoms with E-state index in [9.17, 15) is 10.1 Å². The summed E-state index contributed by atoms with van der Waals surface area (Å²) in [5, 5.41) is 10.9. The molecule has 1 aliphatic rings. The van der Waals surface area contributed by atoms with Gasteiger partial charge < -0.3 is 18.9 Å². The van der Waals surface area contributed by atoms with Crippen molar-refractivity contribution < 1.29 is 23.9 Å². The standard InChI is InChI=1S/C26H27NO6/c28-27(29)22-11-13-23(14-12-22)32-26-25(31-18-21-9-5-2-6-10-21)16-15-24(33-26)19-30-17-20-7-3-1-4-8-20/h1-14,24-26H,15-19H2/t24-,25+,26-/m0/s1. The van der Waals surface area contributed by atoms with E-state index >= 15 is 0 Å². The summed E-state index contributed by atoms with van der Waals surface area (Å²) in [6, 6.07) is 25.9. The van der Waals surface area contributed by atoms with Gasteiger partial charge in [0.2, 0.25) is 6.29 Å². The van der Waals surface area contributed by atoms with Gasteiger partial charge in [0.15, 0.2) is 0 Å². The molecule has 33 heavy (non-hydrogen) atoms. The molecule has 0 spiro atoms. The minimum atomic E-state index is -0.644. The van der Waals surface area contributed by atoms with Gasteiger partial charge in [0, 0.05) is 12.1 Å². The van der Waals surface area contributed by atoms with Gasteiger partial charge in [0.25, 0.3) is 5.69 Å². The zero-order chi connectivity index (χ0) is 22.9. The summed E-state index contributed by atoms with van der Waals surface area (Å²) in [6.07, 6.45) is 0.492. The summed E-state index contributed by atoms with van der Waals surface area (Å²) in [5.74, 6) is 0.491. The van der Waals surface area contributed by atoms with E-state index in [0.29, 0.717) is 25.6 Å². The van der Waals surface area contributed by atoms with Gasteiger partial charge in [-0.25, -0.2) is 0 Å². The van der Waals surface area contributed by atoms with Crippen LogP contribution >= 0.6 is 0 Å². The van der Waals surface area contributed by atoms with Crippen molar-refractivity contribution in [2.45, 2.75) is 44.6 Å². The van der Waals surface area contributed by atoms with E-state index in [4.69, 9.17) is 18.9 Å². The number of nitro benzene ring substituents is 1. The number of nitro groups is 1. The highest BCUT2D eigenvalue weighted by Gasteiger charge is 2.34. The predicted molar refractivity (Wildman–Crippen MR) is 123 cm³/mol. The zero-order valence-corrected chi connectivity index (χ0v) is 18.2. The normalized spacial score (nSPS) is 20.3. The Morgan fingerprint density at radius 2 is 1.48 bits per heavy atom. The molecule has 3 aromatic rings. The molecule has 0 aliphatic carbocycles. The predicted octanol–water partition coefficient (Wildman–Crippen LogP) is 5.28. The molecule has 1 heterocycles. The molecule has 4 rings (SSSR count). The first-order valence-electron chi connectivity index (χ1n) is 11.0. The van der Waals surface area contributed by atoms with Crippen LogP contribution in [0.15, 0.2) is 84.9 Å². The van der Waals surface area contributed by atoms with E-state index in [-0.39, 0.29) is 17.9 Å². The van der Waals surface area contributed by atoms with Gasteiger partial charge in [-0.3, -0.25) is 10.1 Å². The van der Waals surface area contributed by atoms with Crippen molar-refractivity contribution in [3.8, 4) is 5.75 Å². The third kappa shape index (κ3) is 6.86. The van der Waals surface area contributed by atoms with Gasteiger partial charge in [-0.05, 0) is 36.1 Å². The summed E-state index contributed by atoms with van der Waals surface area (Å²) >= 11 is 0. The highest BCUT2D eigenvalue weighted by Crippen LogP contribution is 2.27. The van der Waals surface area contributed by atoms with E-state index < -0.39 is 11.2 Å². The molecule has 0 unspecified atom stereocenters. The number of nitrogens with zero attached hydrogens (tertiary/aromatic N) is 1. The highest BCUT2D eigenvalue weighted by molar-refractivity contribution is 5.36. The minimum absolute atomic E-state index is 0.0102. The van der Waals surface area contributed by atoms with E-state index in [1.54, 1.807) is 12.1 Å². The molecule has 0 aromatic heterocycles. The number of rotatable bonds is 10. The van der Waals surface area contributed by atoms with Gasteiger partial charge in [0.1, 0.15) is 11.9 Å². The van der Waals surface area contributed by atoms with Crippen molar-refractivity contribution in [3.05, 3.63) is 106 Å². The first-order valence-corrected chi connectivity index (χ1v) is 11.0. The molecular weight excluding hydrogens is 422 g/mol. The maximum absolute atomic E-state index is 10.9. The Hall–Kier alpha value is -3.26. The summed E-state index contributed by atoms with van der Waals surface area (Å²) in [6.45, 7) is 1.41. The number of non-ortho nitro benzene ring substituents is 1. The fraction of sp³-hybridized carbons (Fsp3) is 0.308. The number of hydrogen-bond acceptors (Lipinski definition) is 6. The Balaban J connectivity index is 1.37. The lowest BCUT2D eigenvalue weighted by Crippen LogP contribution is -2.45. The summed E-state index contributed by atoms with van der Waals surface area (Å²) in [4.78, 5) is 10.5. The van der Waals surface area contributed by atoms with Gasteiger partial charge >= 0.3 is 0 Å². The number of ether oxygens (including phenoxy) is 4. The molecule has 0 bridgehead atoms. The van der Waals surface area contributed by atoms with Gasteiger partial charge in [-0.2, -0.15) is 0 Å². The van der Waals surface area contributed by atoms with E-state index in [1.807, 2.05) is 60.7 Å². The maximum Gasteiger partial charge on any atom is 0.269 e. The third-order valence-corrected chi connectivity index (χ3v) is 5.43.